The number of hydrogen-bond acceptors (Lipinski definition) is 5. The van der Waals surface area contributed by atoms with Crippen LogP contribution in [0.5, 0.6) is 0 Å². The van der Waals surface area contributed by atoms with Crippen LogP contribution in [0.2, 0.25) is 0 Å². The molecule has 5 nitrogen and oxygen atoms in total. The average molecular weight is 753 g/mol. The van der Waals surface area contributed by atoms with Gasteiger partial charge in [-0.2, -0.15) is 0 Å². The molecule has 1 unspecified atom stereocenters. The molecule has 0 radical (unpaired) electrons. The van der Waals surface area contributed by atoms with E-state index in [0.717, 1.165) is 77.0 Å². The molecule has 0 aromatic carbocycles. The first-order chi connectivity index (χ1) is 26.6. The van der Waals surface area contributed by atoms with Crippen molar-refractivity contribution in [1.29, 1.82) is 0 Å². The van der Waals surface area contributed by atoms with Crippen LogP contribution in [0, 0.1) is 0 Å². The van der Waals surface area contributed by atoms with Crippen LogP contribution in [0.4, 0.5) is 0 Å². The molecule has 0 spiro atoms. The second-order valence-corrected chi connectivity index (χ2v) is 14.7. The van der Waals surface area contributed by atoms with Gasteiger partial charge in [0.05, 0.1) is 6.61 Å². The molecule has 0 aromatic rings. The van der Waals surface area contributed by atoms with Crippen LogP contribution in [0.25, 0.3) is 0 Å². The normalized spacial score (nSPS) is 12.9. The van der Waals surface area contributed by atoms with Crippen LogP contribution in [-0.2, 0) is 19.1 Å². The van der Waals surface area contributed by atoms with E-state index < -0.39 is 6.10 Å². The molecule has 0 aliphatic heterocycles. The summed E-state index contributed by atoms with van der Waals surface area (Å²) in [7, 11) is 0. The van der Waals surface area contributed by atoms with Gasteiger partial charge in [0.25, 0.3) is 0 Å². The Morgan fingerprint density at radius 1 is 0.444 bits per heavy atom. The second-order valence-electron chi connectivity index (χ2n) is 14.7. The van der Waals surface area contributed by atoms with E-state index in [1.807, 2.05) is 0 Å². The molecule has 0 amide bonds. The molecule has 0 aliphatic rings. The number of carbonyl (C=O) groups is 2. The van der Waals surface area contributed by atoms with Gasteiger partial charge in [0.15, 0.2) is 6.10 Å². The third kappa shape index (κ3) is 42.1. The van der Waals surface area contributed by atoms with Crippen molar-refractivity contribution >= 4 is 11.9 Å². The lowest BCUT2D eigenvalue weighted by Gasteiger charge is -2.15. The number of allylic oxidation sites excluding steroid dienone is 12. The Morgan fingerprint density at radius 2 is 0.796 bits per heavy atom. The minimum absolute atomic E-state index is 0.0741. The summed E-state index contributed by atoms with van der Waals surface area (Å²) in [6.45, 7) is 3.99. The number of ether oxygens (including phenoxy) is 2. The molecule has 0 aromatic heterocycles. The van der Waals surface area contributed by atoms with E-state index in [0.29, 0.717) is 12.8 Å². The molecule has 5 heteroatoms. The zero-order valence-corrected chi connectivity index (χ0v) is 35.2. The smallest absolute Gasteiger partial charge is 0.306 e. The highest BCUT2D eigenvalue weighted by Gasteiger charge is 2.16. The highest BCUT2D eigenvalue weighted by molar-refractivity contribution is 5.70. The zero-order valence-electron chi connectivity index (χ0n) is 35.2. The largest absolute Gasteiger partial charge is 0.462 e. The van der Waals surface area contributed by atoms with Crippen LogP contribution in [0.15, 0.2) is 72.9 Å². The van der Waals surface area contributed by atoms with E-state index in [1.54, 1.807) is 0 Å². The van der Waals surface area contributed by atoms with Crippen LogP contribution >= 0.6 is 0 Å². The van der Waals surface area contributed by atoms with Gasteiger partial charge >= 0.3 is 11.9 Å². The van der Waals surface area contributed by atoms with Crippen molar-refractivity contribution in [3.05, 3.63) is 72.9 Å². The number of rotatable bonds is 40. The van der Waals surface area contributed by atoms with Gasteiger partial charge in [0, 0.05) is 12.8 Å². The maximum absolute atomic E-state index is 12.2. The monoisotopic (exact) mass is 753 g/mol. The Kier molecular flexibility index (Phi) is 42.5. The second kappa shape index (κ2) is 44.7. The number of aliphatic hydroxyl groups is 1. The number of carbonyl (C=O) groups excluding carboxylic acids is 2. The van der Waals surface area contributed by atoms with Gasteiger partial charge in [-0.25, -0.2) is 0 Å². The lowest BCUT2D eigenvalue weighted by Crippen LogP contribution is -2.28. The van der Waals surface area contributed by atoms with Gasteiger partial charge in [-0.05, 0) is 83.5 Å². The highest BCUT2D eigenvalue weighted by Crippen LogP contribution is 2.14. The predicted octanol–water partition coefficient (Wildman–Crippen LogP) is 14.5. The summed E-state index contributed by atoms with van der Waals surface area (Å²) >= 11 is 0. The minimum Gasteiger partial charge on any atom is -0.462 e. The maximum atomic E-state index is 12.2. The first-order valence-corrected chi connectivity index (χ1v) is 22.5. The molecule has 1 N–H and O–H groups in total. The number of unbranched alkanes of at least 4 members (excludes halogenated alkanes) is 20. The summed E-state index contributed by atoms with van der Waals surface area (Å²) in [5, 5.41) is 9.60. The van der Waals surface area contributed by atoms with E-state index >= 15 is 0 Å². The Bertz CT molecular complexity index is 988. The Hall–Kier alpha value is -2.66. The molecular weight excluding hydrogens is 669 g/mol. The minimum atomic E-state index is -0.781. The molecule has 0 aliphatic carbocycles. The summed E-state index contributed by atoms with van der Waals surface area (Å²) in [5.74, 6) is -0.606. The number of esters is 2. The molecule has 0 rings (SSSR count). The fraction of sp³-hybridized carbons (Fsp3) is 0.714. The lowest BCUT2D eigenvalue weighted by atomic mass is 10.1. The molecular formula is C49H84O5. The van der Waals surface area contributed by atoms with Gasteiger partial charge < -0.3 is 14.6 Å². The summed E-state index contributed by atoms with van der Waals surface area (Å²) in [5.41, 5.74) is 0. The third-order valence-electron chi connectivity index (χ3n) is 9.48. The van der Waals surface area contributed by atoms with Crippen molar-refractivity contribution in [3.8, 4) is 0 Å². The van der Waals surface area contributed by atoms with E-state index in [4.69, 9.17) is 9.47 Å². The zero-order chi connectivity index (χ0) is 39.3. The van der Waals surface area contributed by atoms with Crippen molar-refractivity contribution in [3.63, 3.8) is 0 Å². The first kappa shape index (κ1) is 51.3. The molecule has 0 saturated carbocycles. The van der Waals surface area contributed by atoms with E-state index in [2.05, 4.69) is 86.8 Å². The van der Waals surface area contributed by atoms with Crippen molar-refractivity contribution in [2.45, 2.75) is 213 Å². The van der Waals surface area contributed by atoms with E-state index in [-0.39, 0.29) is 25.2 Å². The summed E-state index contributed by atoms with van der Waals surface area (Å²) < 4.78 is 10.6. The molecule has 0 bridgehead atoms. The highest BCUT2D eigenvalue weighted by atomic mass is 16.6. The molecule has 0 fully saturated rings. The van der Waals surface area contributed by atoms with E-state index in [9.17, 15) is 14.7 Å². The van der Waals surface area contributed by atoms with E-state index in [1.165, 1.54) is 103 Å². The van der Waals surface area contributed by atoms with Crippen molar-refractivity contribution in [2.75, 3.05) is 13.2 Å². The predicted molar refractivity (Wildman–Crippen MR) is 233 cm³/mol. The van der Waals surface area contributed by atoms with Gasteiger partial charge in [0.2, 0.25) is 0 Å². The van der Waals surface area contributed by atoms with Gasteiger partial charge in [-0.1, -0.05) is 183 Å². The first-order valence-electron chi connectivity index (χ1n) is 22.5. The topological polar surface area (TPSA) is 72.8 Å². The SMILES string of the molecule is CC/C=C\C/C=C\C/C=C\C/C=C\CCCCCCCCCCC(=O)OC(CO)COC(=O)CCCCCCCCCCC/C=C\C/C=C\CCCCC. The molecule has 54 heavy (non-hydrogen) atoms. The fourth-order valence-electron chi connectivity index (χ4n) is 6.10. The van der Waals surface area contributed by atoms with Crippen LogP contribution in [0.3, 0.4) is 0 Å². The lowest BCUT2D eigenvalue weighted by molar-refractivity contribution is -0.161. The Labute approximate surface area is 333 Å². The Morgan fingerprint density at radius 3 is 1.20 bits per heavy atom. The molecule has 0 heterocycles. The third-order valence-corrected chi connectivity index (χ3v) is 9.48. The standard InChI is InChI=1S/C49H84O5/c1-3-5-7-9-11-13-15-17-19-21-23-24-26-28-30-32-34-36-38-40-42-44-49(52)54-47(45-50)46-53-48(51)43-41-39-37-35-33-31-29-27-25-22-20-18-16-14-12-10-8-6-4-2/h5,7,11-14,17-20,23-24,47,50H,3-4,6,8-10,15-16,21-22,25-46H2,1-2H3/b7-5-,13-11-,14-12-,19-17-,20-18-,24-23-. The number of aliphatic hydroxyl groups excluding tert-OH is 1. The van der Waals surface area contributed by atoms with Crippen LogP contribution < -0.4 is 0 Å². The van der Waals surface area contributed by atoms with Gasteiger partial charge in [-0.3, -0.25) is 9.59 Å². The van der Waals surface area contributed by atoms with Crippen LogP contribution in [-0.4, -0.2) is 36.4 Å². The van der Waals surface area contributed by atoms with Crippen molar-refractivity contribution < 1.29 is 24.2 Å². The quantitative estimate of drug-likeness (QED) is 0.0383. The van der Waals surface area contributed by atoms with Crippen molar-refractivity contribution in [2.24, 2.45) is 0 Å². The molecule has 0 saturated heterocycles. The maximum Gasteiger partial charge on any atom is 0.306 e. The summed E-state index contributed by atoms with van der Waals surface area (Å²) in [4.78, 5) is 24.4. The summed E-state index contributed by atoms with van der Waals surface area (Å²) in [6.07, 6.45) is 59.7. The number of hydrogen-bond donors (Lipinski definition) is 1. The van der Waals surface area contributed by atoms with Crippen molar-refractivity contribution in [1.82, 2.24) is 0 Å². The van der Waals surface area contributed by atoms with Gasteiger partial charge in [0.1, 0.15) is 6.61 Å². The molecule has 310 valence electrons. The fourth-order valence-corrected chi connectivity index (χ4v) is 6.10. The average Bonchev–Trinajstić information content (AvgIpc) is 3.17. The Balaban J connectivity index is 3.57. The molecule has 1 atom stereocenters. The summed E-state index contributed by atoms with van der Waals surface area (Å²) in [6, 6.07) is 0. The van der Waals surface area contributed by atoms with Gasteiger partial charge in [-0.15, -0.1) is 0 Å². The van der Waals surface area contributed by atoms with Crippen LogP contribution in [0.1, 0.15) is 206 Å².